The molecule has 3 saturated carbocycles. The highest BCUT2D eigenvalue weighted by Crippen LogP contribution is 2.64. The van der Waals surface area contributed by atoms with Crippen LogP contribution in [0, 0.1) is 22.7 Å². The maximum atomic E-state index is 13.2. The molecule has 43 heavy (non-hydrogen) atoms. The van der Waals surface area contributed by atoms with Crippen molar-refractivity contribution in [3.8, 4) is 11.1 Å². The Morgan fingerprint density at radius 1 is 1.00 bits per heavy atom. The number of rotatable bonds is 11. The number of fused-ring (bicyclic) bond motifs is 2. The first-order chi connectivity index (χ1) is 20.4. The van der Waals surface area contributed by atoms with E-state index in [1.54, 1.807) is 12.1 Å². The van der Waals surface area contributed by atoms with Gasteiger partial charge in [0.1, 0.15) is 11.8 Å². The summed E-state index contributed by atoms with van der Waals surface area (Å²) < 4.78 is 28.8. The SMILES string of the molecule is CC1(C)[C@H]2CC[C@@]1(CS(=O)(=O)NC(Cc1ccc(-c3cccc(NC(=O)NCC4CCCCC4)c3)cc1)C(=O)O)C(=O)C2. The maximum absolute atomic E-state index is 13.2. The van der Waals surface area contributed by atoms with Gasteiger partial charge in [0, 0.05) is 24.1 Å². The third-order valence-electron chi connectivity index (χ3n) is 10.3. The van der Waals surface area contributed by atoms with Gasteiger partial charge in [-0.2, -0.15) is 0 Å². The van der Waals surface area contributed by atoms with E-state index >= 15 is 0 Å². The second-order valence-corrected chi connectivity index (χ2v) is 15.0. The smallest absolute Gasteiger partial charge is 0.322 e. The number of hydrogen-bond donors (Lipinski definition) is 4. The van der Waals surface area contributed by atoms with Crippen LogP contribution in [-0.2, 0) is 26.0 Å². The molecule has 3 fully saturated rings. The second-order valence-electron chi connectivity index (χ2n) is 13.3. The summed E-state index contributed by atoms with van der Waals surface area (Å²) in [7, 11) is -4.05. The minimum Gasteiger partial charge on any atom is -0.480 e. The number of carbonyl (C=O) groups is 3. The lowest BCUT2D eigenvalue weighted by molar-refractivity contribution is -0.138. The molecule has 0 spiro atoms. The molecule has 0 radical (unpaired) electrons. The molecule has 4 N–H and O–H groups in total. The summed E-state index contributed by atoms with van der Waals surface area (Å²) >= 11 is 0. The molecule has 2 aromatic carbocycles. The van der Waals surface area contributed by atoms with Gasteiger partial charge < -0.3 is 15.7 Å². The summed E-state index contributed by atoms with van der Waals surface area (Å²) in [6.45, 7) is 4.60. The van der Waals surface area contributed by atoms with Gasteiger partial charge in [-0.25, -0.2) is 17.9 Å². The number of carbonyl (C=O) groups excluding carboxylic acids is 2. The summed E-state index contributed by atoms with van der Waals surface area (Å²) in [4.78, 5) is 37.4. The molecule has 9 nitrogen and oxygen atoms in total. The van der Waals surface area contributed by atoms with Crippen LogP contribution in [-0.4, -0.2) is 49.6 Å². The van der Waals surface area contributed by atoms with Crippen LogP contribution in [0.5, 0.6) is 0 Å². The van der Waals surface area contributed by atoms with Gasteiger partial charge in [0.25, 0.3) is 0 Å². The number of aliphatic carboxylic acids is 1. The molecule has 10 heteroatoms. The van der Waals surface area contributed by atoms with E-state index in [0.717, 1.165) is 30.4 Å². The first-order valence-electron chi connectivity index (χ1n) is 15.4. The zero-order chi connectivity index (χ0) is 30.8. The molecule has 1 unspecified atom stereocenters. The van der Waals surface area contributed by atoms with E-state index in [-0.39, 0.29) is 29.9 Å². The maximum Gasteiger partial charge on any atom is 0.322 e. The number of urea groups is 1. The monoisotopic (exact) mass is 609 g/mol. The second kappa shape index (κ2) is 12.4. The number of ketones is 1. The van der Waals surface area contributed by atoms with Crippen LogP contribution in [0.3, 0.4) is 0 Å². The number of carboxylic acids is 1. The van der Waals surface area contributed by atoms with Gasteiger partial charge in [-0.1, -0.05) is 69.5 Å². The fourth-order valence-corrected chi connectivity index (χ4v) is 9.55. The summed E-state index contributed by atoms with van der Waals surface area (Å²) in [6, 6.07) is 13.2. The number of sulfonamides is 1. The molecule has 0 heterocycles. The number of hydrogen-bond acceptors (Lipinski definition) is 5. The number of nitrogens with one attached hydrogen (secondary N) is 3. The van der Waals surface area contributed by atoms with Crippen molar-refractivity contribution in [2.24, 2.45) is 22.7 Å². The van der Waals surface area contributed by atoms with Crippen LogP contribution >= 0.6 is 0 Å². The van der Waals surface area contributed by atoms with Crippen LogP contribution in [0.25, 0.3) is 11.1 Å². The van der Waals surface area contributed by atoms with Crippen molar-refractivity contribution in [1.29, 1.82) is 0 Å². The molecule has 0 aromatic heterocycles. The molecular formula is C33H43N3O6S. The zero-order valence-corrected chi connectivity index (χ0v) is 25.8. The molecule has 3 atom stereocenters. The summed E-state index contributed by atoms with van der Waals surface area (Å²) in [6.07, 6.45) is 7.73. The van der Waals surface area contributed by atoms with Gasteiger partial charge in [-0.05, 0) is 78.2 Å². The van der Waals surface area contributed by atoms with E-state index in [1.165, 1.54) is 19.3 Å². The fourth-order valence-electron chi connectivity index (χ4n) is 7.52. The van der Waals surface area contributed by atoms with Crippen molar-refractivity contribution in [3.63, 3.8) is 0 Å². The molecule has 2 aromatic rings. The van der Waals surface area contributed by atoms with Crippen molar-refractivity contribution in [1.82, 2.24) is 10.0 Å². The molecule has 0 aliphatic heterocycles. The normalized spacial score (nSPS) is 24.0. The minimum atomic E-state index is -4.05. The lowest BCUT2D eigenvalue weighted by Crippen LogP contribution is -2.49. The molecule has 3 aliphatic rings. The topological polar surface area (TPSA) is 142 Å². The van der Waals surface area contributed by atoms with Crippen LogP contribution in [0.2, 0.25) is 0 Å². The van der Waals surface area contributed by atoms with Gasteiger partial charge in [-0.15, -0.1) is 0 Å². The first kappa shape index (κ1) is 31.2. The lowest BCUT2D eigenvalue weighted by atomic mass is 9.70. The highest BCUT2D eigenvalue weighted by molar-refractivity contribution is 7.89. The Morgan fingerprint density at radius 2 is 1.72 bits per heavy atom. The highest BCUT2D eigenvalue weighted by atomic mass is 32.2. The Bertz CT molecular complexity index is 1470. The first-order valence-corrected chi connectivity index (χ1v) is 17.0. The lowest BCUT2D eigenvalue weighted by Gasteiger charge is -2.36. The number of carboxylic acid groups (broad SMARTS) is 1. The van der Waals surface area contributed by atoms with Crippen molar-refractivity contribution in [2.75, 3.05) is 17.6 Å². The molecule has 232 valence electrons. The summed E-state index contributed by atoms with van der Waals surface area (Å²) in [5.74, 6) is -0.968. The van der Waals surface area contributed by atoms with E-state index in [4.69, 9.17) is 0 Å². The quantitative estimate of drug-likeness (QED) is 0.270. The summed E-state index contributed by atoms with van der Waals surface area (Å²) in [5.41, 5.74) is 1.68. The van der Waals surface area contributed by atoms with E-state index in [2.05, 4.69) is 15.4 Å². The Labute approximate surface area is 254 Å². The highest BCUT2D eigenvalue weighted by Gasteiger charge is 2.65. The number of amides is 2. The summed E-state index contributed by atoms with van der Waals surface area (Å²) in [5, 5.41) is 15.7. The van der Waals surface area contributed by atoms with Crippen LogP contribution in [0.4, 0.5) is 10.5 Å². The van der Waals surface area contributed by atoms with E-state index < -0.39 is 32.9 Å². The van der Waals surface area contributed by atoms with Crippen molar-refractivity contribution >= 4 is 33.5 Å². The fraction of sp³-hybridized carbons (Fsp3) is 0.545. The number of Topliss-reactive ketones (excluding diaryl/α,β-unsaturated/α-hetero) is 1. The van der Waals surface area contributed by atoms with Crippen LogP contribution in [0.1, 0.15) is 70.8 Å². The minimum absolute atomic E-state index is 0.0269. The Kier molecular flexibility index (Phi) is 9.00. The number of benzene rings is 2. The van der Waals surface area contributed by atoms with Gasteiger partial charge in [0.2, 0.25) is 10.0 Å². The zero-order valence-electron chi connectivity index (χ0n) is 25.0. The van der Waals surface area contributed by atoms with Gasteiger partial charge in [-0.3, -0.25) is 9.59 Å². The molecule has 2 bridgehead atoms. The van der Waals surface area contributed by atoms with E-state index in [9.17, 15) is 27.9 Å². The largest absolute Gasteiger partial charge is 0.480 e. The Hall–Kier alpha value is -3.24. The van der Waals surface area contributed by atoms with E-state index in [0.29, 0.717) is 36.6 Å². The van der Waals surface area contributed by atoms with E-state index in [1.807, 2.05) is 50.2 Å². The molecule has 0 saturated heterocycles. The van der Waals surface area contributed by atoms with Crippen molar-refractivity contribution in [2.45, 2.75) is 77.7 Å². The molecule has 5 rings (SSSR count). The van der Waals surface area contributed by atoms with Crippen molar-refractivity contribution < 1.29 is 27.9 Å². The van der Waals surface area contributed by atoms with Crippen LogP contribution < -0.4 is 15.4 Å². The average Bonchev–Trinajstić information content (AvgIpc) is 3.31. The van der Waals surface area contributed by atoms with Gasteiger partial charge in [0.15, 0.2) is 0 Å². The number of anilines is 1. The average molecular weight is 610 g/mol. The van der Waals surface area contributed by atoms with Gasteiger partial charge >= 0.3 is 12.0 Å². The third-order valence-corrected chi connectivity index (χ3v) is 11.8. The predicted molar refractivity (Wildman–Crippen MR) is 166 cm³/mol. The molecule has 2 amide bonds. The van der Waals surface area contributed by atoms with Crippen LogP contribution in [0.15, 0.2) is 48.5 Å². The Balaban J connectivity index is 1.20. The van der Waals surface area contributed by atoms with Gasteiger partial charge in [0.05, 0.1) is 5.75 Å². The van der Waals surface area contributed by atoms with Crippen molar-refractivity contribution in [3.05, 3.63) is 54.1 Å². The molecular weight excluding hydrogens is 566 g/mol. The predicted octanol–water partition coefficient (Wildman–Crippen LogP) is 5.37. The Morgan fingerprint density at radius 3 is 2.35 bits per heavy atom. The third kappa shape index (κ3) is 6.80. The standard InChI is InChI=1S/C33H43N3O6S/c1-32(2)26-15-16-33(32,29(37)19-26)21-43(41,42)36-28(30(38)39)17-22-11-13-24(14-12-22)25-9-6-10-27(18-25)35-31(40)34-20-23-7-4-3-5-8-23/h6,9-14,18,23,26,28,36H,3-5,7-8,15-17,19-21H2,1-2H3,(H,38,39)(H2,34,35,40)/t26-,28?,33+/m0/s1. The molecule has 3 aliphatic carbocycles.